The third kappa shape index (κ3) is 6.44. The first kappa shape index (κ1) is 15.9. The highest BCUT2D eigenvalue weighted by Crippen LogP contribution is 2.34. The van der Waals surface area contributed by atoms with Gasteiger partial charge in [0.15, 0.2) is 0 Å². The molecule has 0 rings (SSSR count). The Morgan fingerprint density at radius 1 is 0.875 bits per heavy atom. The molecule has 0 heterocycles. The summed E-state index contributed by atoms with van der Waals surface area (Å²) in [4.78, 5) is 0. The summed E-state index contributed by atoms with van der Waals surface area (Å²) in [5.41, 5.74) is 0. The number of unbranched alkanes of at least 4 members (excludes halogenated alkanes) is 5. The Hall–Kier alpha value is -0.140. The van der Waals surface area contributed by atoms with E-state index in [0.29, 0.717) is 12.8 Å². The molecule has 1 atom stereocenters. The molecule has 0 aliphatic rings. The Morgan fingerprint density at radius 3 is 1.94 bits per heavy atom. The van der Waals surface area contributed by atoms with E-state index in [4.69, 9.17) is 0 Å². The van der Waals surface area contributed by atoms with Gasteiger partial charge in [-0.2, -0.15) is 0 Å². The fourth-order valence-corrected chi connectivity index (χ4v) is 2.17. The lowest BCUT2D eigenvalue weighted by Crippen LogP contribution is -2.26. The molecule has 0 aliphatic carbocycles. The van der Waals surface area contributed by atoms with Crippen molar-refractivity contribution < 1.29 is 8.78 Å². The summed E-state index contributed by atoms with van der Waals surface area (Å²) in [7, 11) is 0. The molecule has 0 aliphatic heterocycles. The highest BCUT2D eigenvalue weighted by molar-refractivity contribution is 4.74. The molecule has 16 heavy (non-hydrogen) atoms. The minimum absolute atomic E-state index is 0.0126. The molecular formula is C14H28F2. The number of hydrogen-bond donors (Lipinski definition) is 0. The zero-order valence-corrected chi connectivity index (χ0v) is 11.2. The van der Waals surface area contributed by atoms with E-state index >= 15 is 0 Å². The molecule has 0 saturated heterocycles. The number of hydrogen-bond acceptors (Lipinski definition) is 0. The van der Waals surface area contributed by atoms with E-state index in [1.807, 2.05) is 6.92 Å². The number of halogens is 2. The minimum atomic E-state index is -2.45. The van der Waals surface area contributed by atoms with Gasteiger partial charge in [-0.25, -0.2) is 8.78 Å². The number of alkyl halides is 2. The molecular weight excluding hydrogens is 206 g/mol. The van der Waals surface area contributed by atoms with Crippen LogP contribution in [0.5, 0.6) is 0 Å². The third-order valence-corrected chi connectivity index (χ3v) is 3.47. The average molecular weight is 234 g/mol. The van der Waals surface area contributed by atoms with Crippen molar-refractivity contribution in [3.05, 3.63) is 0 Å². The van der Waals surface area contributed by atoms with Crippen LogP contribution in [0.2, 0.25) is 0 Å². The summed E-state index contributed by atoms with van der Waals surface area (Å²) < 4.78 is 26.9. The SMILES string of the molecule is CCCCCCCCC(CC)C(F)(F)CC. The van der Waals surface area contributed by atoms with Crippen LogP contribution in [0, 0.1) is 5.92 Å². The van der Waals surface area contributed by atoms with Crippen molar-refractivity contribution in [2.45, 2.75) is 84.5 Å². The smallest absolute Gasteiger partial charge is 0.207 e. The molecule has 0 radical (unpaired) electrons. The maximum absolute atomic E-state index is 13.4. The van der Waals surface area contributed by atoms with E-state index in [1.165, 1.54) is 25.7 Å². The van der Waals surface area contributed by atoms with Crippen LogP contribution in [0.3, 0.4) is 0 Å². The predicted molar refractivity (Wildman–Crippen MR) is 67.0 cm³/mol. The summed E-state index contributed by atoms with van der Waals surface area (Å²) in [5.74, 6) is -2.85. The molecule has 0 aromatic rings. The molecule has 0 amide bonds. The molecule has 0 bridgehead atoms. The molecule has 0 N–H and O–H groups in total. The minimum Gasteiger partial charge on any atom is -0.207 e. The van der Waals surface area contributed by atoms with Crippen molar-refractivity contribution in [3.8, 4) is 0 Å². The van der Waals surface area contributed by atoms with Gasteiger partial charge < -0.3 is 0 Å². The summed E-state index contributed by atoms with van der Waals surface area (Å²) in [5, 5.41) is 0. The fourth-order valence-electron chi connectivity index (χ4n) is 2.17. The maximum Gasteiger partial charge on any atom is 0.250 e. The fraction of sp³-hybridized carbons (Fsp3) is 1.00. The van der Waals surface area contributed by atoms with Crippen LogP contribution >= 0.6 is 0 Å². The van der Waals surface area contributed by atoms with Gasteiger partial charge in [-0.15, -0.1) is 0 Å². The lowest BCUT2D eigenvalue weighted by Gasteiger charge is -2.24. The maximum atomic E-state index is 13.4. The second-order valence-corrected chi connectivity index (χ2v) is 4.78. The summed E-state index contributed by atoms with van der Waals surface area (Å²) >= 11 is 0. The van der Waals surface area contributed by atoms with Gasteiger partial charge in [-0.05, 0) is 12.8 Å². The topological polar surface area (TPSA) is 0 Å². The van der Waals surface area contributed by atoms with Crippen molar-refractivity contribution in [2.24, 2.45) is 5.92 Å². The van der Waals surface area contributed by atoms with Gasteiger partial charge in [0.1, 0.15) is 0 Å². The van der Waals surface area contributed by atoms with E-state index in [9.17, 15) is 8.78 Å². The molecule has 0 aromatic carbocycles. The standard InChI is InChI=1S/C14H28F2/c1-4-7-8-9-10-11-12-13(5-2)14(15,16)6-3/h13H,4-12H2,1-3H3. The normalized spacial score (nSPS) is 14.1. The molecule has 0 aromatic heterocycles. The molecule has 98 valence electrons. The Morgan fingerprint density at radius 2 is 1.44 bits per heavy atom. The lowest BCUT2D eigenvalue weighted by molar-refractivity contribution is -0.0662. The predicted octanol–water partition coefficient (Wildman–Crippen LogP) is 5.81. The van der Waals surface area contributed by atoms with Gasteiger partial charge >= 0.3 is 0 Å². The van der Waals surface area contributed by atoms with Gasteiger partial charge in [0.2, 0.25) is 0 Å². The summed E-state index contributed by atoms with van der Waals surface area (Å²) in [6, 6.07) is 0. The van der Waals surface area contributed by atoms with E-state index in [1.54, 1.807) is 6.92 Å². The second-order valence-electron chi connectivity index (χ2n) is 4.78. The van der Waals surface area contributed by atoms with E-state index < -0.39 is 11.8 Å². The van der Waals surface area contributed by atoms with Gasteiger partial charge in [0.05, 0.1) is 0 Å². The molecule has 0 nitrogen and oxygen atoms in total. The first-order valence-electron chi connectivity index (χ1n) is 6.96. The van der Waals surface area contributed by atoms with Gasteiger partial charge in [-0.1, -0.05) is 59.3 Å². The number of rotatable bonds is 10. The molecule has 2 heteroatoms. The van der Waals surface area contributed by atoms with Crippen molar-refractivity contribution in [1.29, 1.82) is 0 Å². The van der Waals surface area contributed by atoms with Crippen LogP contribution in [0.1, 0.15) is 78.6 Å². The molecule has 0 spiro atoms. The van der Waals surface area contributed by atoms with Crippen LogP contribution in [0.15, 0.2) is 0 Å². The highest BCUT2D eigenvalue weighted by atomic mass is 19.3. The van der Waals surface area contributed by atoms with Crippen molar-refractivity contribution in [2.75, 3.05) is 0 Å². The summed E-state index contributed by atoms with van der Waals surface area (Å²) in [6.45, 7) is 5.66. The summed E-state index contributed by atoms with van der Waals surface area (Å²) in [6.07, 6.45) is 8.38. The Kier molecular flexibility index (Phi) is 8.87. The monoisotopic (exact) mass is 234 g/mol. The van der Waals surface area contributed by atoms with Gasteiger partial charge in [-0.3, -0.25) is 0 Å². The van der Waals surface area contributed by atoms with Crippen molar-refractivity contribution in [1.82, 2.24) is 0 Å². The first-order valence-corrected chi connectivity index (χ1v) is 6.96. The first-order chi connectivity index (χ1) is 7.58. The zero-order chi connectivity index (χ0) is 12.4. The van der Waals surface area contributed by atoms with Crippen molar-refractivity contribution in [3.63, 3.8) is 0 Å². The van der Waals surface area contributed by atoms with E-state index in [2.05, 4.69) is 6.92 Å². The third-order valence-electron chi connectivity index (χ3n) is 3.47. The Bertz CT molecular complexity index is 155. The lowest BCUT2D eigenvalue weighted by atomic mass is 9.90. The molecule has 0 saturated carbocycles. The Labute approximate surface area is 99.8 Å². The van der Waals surface area contributed by atoms with Gasteiger partial charge in [0, 0.05) is 12.3 Å². The van der Waals surface area contributed by atoms with E-state index in [0.717, 1.165) is 12.8 Å². The molecule has 0 fully saturated rings. The van der Waals surface area contributed by atoms with Gasteiger partial charge in [0.25, 0.3) is 5.92 Å². The van der Waals surface area contributed by atoms with Crippen LogP contribution in [0.25, 0.3) is 0 Å². The highest BCUT2D eigenvalue weighted by Gasteiger charge is 2.35. The second kappa shape index (κ2) is 8.95. The van der Waals surface area contributed by atoms with E-state index in [-0.39, 0.29) is 6.42 Å². The van der Waals surface area contributed by atoms with Crippen LogP contribution in [0.4, 0.5) is 8.78 Å². The van der Waals surface area contributed by atoms with Crippen LogP contribution in [-0.4, -0.2) is 5.92 Å². The molecule has 1 unspecified atom stereocenters. The quantitative estimate of drug-likeness (QED) is 0.418. The van der Waals surface area contributed by atoms with Crippen LogP contribution in [-0.2, 0) is 0 Å². The van der Waals surface area contributed by atoms with Crippen molar-refractivity contribution >= 4 is 0 Å². The zero-order valence-electron chi connectivity index (χ0n) is 11.2. The Balaban J connectivity index is 3.64. The largest absolute Gasteiger partial charge is 0.250 e. The van der Waals surface area contributed by atoms with Crippen LogP contribution < -0.4 is 0 Å². The average Bonchev–Trinajstić information content (AvgIpc) is 2.28.